The zero-order chi connectivity index (χ0) is 28.4. The van der Waals surface area contributed by atoms with Crippen molar-refractivity contribution in [1.82, 2.24) is 14.7 Å². The van der Waals surface area contributed by atoms with E-state index in [2.05, 4.69) is 10.0 Å². The quantitative estimate of drug-likeness (QED) is 0.118. The van der Waals surface area contributed by atoms with Gasteiger partial charge in [-0.1, -0.05) is 5.11 Å². The third kappa shape index (κ3) is 7.56. The minimum atomic E-state index is -0.889. The summed E-state index contributed by atoms with van der Waals surface area (Å²) in [7, 11) is 0. The summed E-state index contributed by atoms with van der Waals surface area (Å²) < 4.78 is 21.3. The first-order valence-corrected chi connectivity index (χ1v) is 12.3. The molecule has 3 rings (SSSR count). The number of benzene rings is 1. The average Bonchev–Trinajstić information content (AvgIpc) is 2.95. The molecular formula is C23H29N7O9. The number of carbonyl (C=O) groups excluding carboxylic acids is 3. The fourth-order valence-corrected chi connectivity index (χ4v) is 3.82. The molecule has 0 atom stereocenters. The minimum absolute atomic E-state index is 0.000514. The van der Waals surface area contributed by atoms with Crippen LogP contribution in [0.3, 0.4) is 0 Å². The van der Waals surface area contributed by atoms with Crippen LogP contribution in [0.4, 0.5) is 15.3 Å². The highest BCUT2D eigenvalue weighted by atomic mass is 16.6. The van der Waals surface area contributed by atoms with Crippen molar-refractivity contribution in [2.24, 2.45) is 5.11 Å². The van der Waals surface area contributed by atoms with Gasteiger partial charge in [-0.15, -0.1) is 0 Å². The smallest absolute Gasteiger partial charge is 0.406 e. The maximum atomic E-state index is 12.9. The van der Waals surface area contributed by atoms with Crippen molar-refractivity contribution >= 4 is 29.9 Å². The van der Waals surface area contributed by atoms with Gasteiger partial charge in [-0.25, -0.2) is 9.59 Å². The van der Waals surface area contributed by atoms with Gasteiger partial charge in [0.2, 0.25) is 0 Å². The number of hydrogen-bond acceptors (Lipinski definition) is 10. The van der Waals surface area contributed by atoms with Crippen LogP contribution in [0.25, 0.3) is 16.5 Å². The Morgan fingerprint density at radius 3 is 2.08 bits per heavy atom. The number of nitro groups is 1. The van der Waals surface area contributed by atoms with Gasteiger partial charge in [-0.05, 0) is 37.1 Å². The van der Waals surface area contributed by atoms with Crippen molar-refractivity contribution in [3.63, 3.8) is 0 Å². The van der Waals surface area contributed by atoms with Crippen LogP contribution < -0.4 is 9.47 Å². The third-order valence-corrected chi connectivity index (χ3v) is 5.91. The van der Waals surface area contributed by atoms with Crippen molar-refractivity contribution in [3.8, 4) is 11.5 Å². The van der Waals surface area contributed by atoms with Crippen LogP contribution in [-0.2, 0) is 14.3 Å². The standard InChI is InChI=1S/C23H29N7O9/c1-3-27(4-2)21(31)17(25-26-24)13-16-14-18(30(34)35)20(39-23(33)29-7-11-37-12-8-29)19(15-16)38-22(32)28-5-9-36-10-6-28/h13-15H,3-12H2,1-2H3/b17-13-. The Kier molecular flexibility index (Phi) is 10.4. The number of nitro benzene ring substituents is 1. The summed E-state index contributed by atoms with van der Waals surface area (Å²) in [5.41, 5.74) is 7.96. The molecule has 0 aliphatic carbocycles. The molecule has 2 aliphatic rings. The second kappa shape index (κ2) is 13.9. The van der Waals surface area contributed by atoms with E-state index in [9.17, 15) is 24.5 Å². The van der Waals surface area contributed by atoms with Crippen LogP contribution in [0, 0.1) is 10.1 Å². The molecule has 0 aromatic heterocycles. The van der Waals surface area contributed by atoms with Gasteiger partial charge < -0.3 is 33.6 Å². The SMILES string of the molecule is CCN(CC)C(=O)/C(=C/c1cc(OC(=O)N2CCOCC2)c(OC(=O)N2CCOCC2)c([N+](=O)[O-])c1)N=[N+]=[N-]. The topological polar surface area (TPSA) is 190 Å². The van der Waals surface area contributed by atoms with E-state index in [0.717, 1.165) is 12.1 Å². The fraction of sp³-hybridized carbons (Fsp3) is 0.522. The molecule has 0 N–H and O–H groups in total. The molecule has 0 radical (unpaired) electrons. The molecule has 3 amide bonds. The van der Waals surface area contributed by atoms with Crippen LogP contribution in [0.1, 0.15) is 19.4 Å². The summed E-state index contributed by atoms with van der Waals surface area (Å²) in [5, 5.41) is 15.5. The van der Waals surface area contributed by atoms with Gasteiger partial charge in [0.05, 0.1) is 31.4 Å². The van der Waals surface area contributed by atoms with Crippen molar-refractivity contribution in [1.29, 1.82) is 0 Å². The van der Waals surface area contributed by atoms with Gasteiger partial charge in [0, 0.05) is 50.2 Å². The Bertz CT molecular complexity index is 1170. The number of amides is 3. The first-order valence-electron chi connectivity index (χ1n) is 12.3. The monoisotopic (exact) mass is 547 g/mol. The van der Waals surface area contributed by atoms with Gasteiger partial charge in [-0.3, -0.25) is 14.9 Å². The van der Waals surface area contributed by atoms with E-state index in [1.54, 1.807) is 13.8 Å². The lowest BCUT2D eigenvalue weighted by Gasteiger charge is -2.27. The van der Waals surface area contributed by atoms with E-state index in [1.807, 2.05) is 0 Å². The van der Waals surface area contributed by atoms with Crippen molar-refractivity contribution in [3.05, 3.63) is 44.0 Å². The molecule has 2 heterocycles. The minimum Gasteiger partial charge on any atom is -0.406 e. The summed E-state index contributed by atoms with van der Waals surface area (Å²) >= 11 is 0. The second-order valence-electron chi connectivity index (χ2n) is 8.26. The van der Waals surface area contributed by atoms with Crippen LogP contribution in [0.5, 0.6) is 11.5 Å². The van der Waals surface area contributed by atoms with E-state index < -0.39 is 40.2 Å². The maximum Gasteiger partial charge on any atom is 0.415 e. The summed E-state index contributed by atoms with van der Waals surface area (Å²) in [6.07, 6.45) is -0.598. The first kappa shape index (κ1) is 29.2. The molecule has 16 heteroatoms. The van der Waals surface area contributed by atoms with Gasteiger partial charge in [-0.2, -0.15) is 0 Å². The zero-order valence-corrected chi connectivity index (χ0v) is 21.6. The molecule has 2 saturated heterocycles. The van der Waals surface area contributed by atoms with Crippen LogP contribution in [0.15, 0.2) is 22.9 Å². The molecule has 0 bridgehead atoms. The maximum absolute atomic E-state index is 12.9. The van der Waals surface area contributed by atoms with Crippen molar-refractivity contribution in [2.45, 2.75) is 13.8 Å². The molecule has 0 saturated carbocycles. The summed E-state index contributed by atoms with van der Waals surface area (Å²) in [6, 6.07) is 2.21. The van der Waals surface area contributed by atoms with Gasteiger partial charge in [0.1, 0.15) is 5.70 Å². The largest absolute Gasteiger partial charge is 0.415 e. The number of carbonyl (C=O) groups is 3. The highest BCUT2D eigenvalue weighted by molar-refractivity contribution is 5.97. The lowest BCUT2D eigenvalue weighted by Crippen LogP contribution is -2.43. The fourth-order valence-electron chi connectivity index (χ4n) is 3.82. The van der Waals surface area contributed by atoms with Crippen molar-refractivity contribution in [2.75, 3.05) is 65.7 Å². The molecule has 39 heavy (non-hydrogen) atoms. The number of morpholine rings is 2. The molecule has 0 spiro atoms. The van der Waals surface area contributed by atoms with E-state index in [4.69, 9.17) is 24.5 Å². The van der Waals surface area contributed by atoms with E-state index in [-0.39, 0.29) is 63.9 Å². The first-order chi connectivity index (χ1) is 18.8. The lowest BCUT2D eigenvalue weighted by molar-refractivity contribution is -0.385. The molecule has 1 aromatic rings. The van der Waals surface area contributed by atoms with E-state index in [0.29, 0.717) is 13.1 Å². The average molecular weight is 548 g/mol. The number of hydrogen-bond donors (Lipinski definition) is 0. The molecule has 16 nitrogen and oxygen atoms in total. The Morgan fingerprint density at radius 1 is 1.05 bits per heavy atom. The number of likely N-dealkylation sites (N-methyl/N-ethyl adjacent to an activating group) is 1. The number of nitrogens with zero attached hydrogens (tertiary/aromatic N) is 7. The Balaban J connectivity index is 2.08. The third-order valence-electron chi connectivity index (χ3n) is 5.91. The summed E-state index contributed by atoms with van der Waals surface area (Å²) in [6.45, 7) is 6.08. The van der Waals surface area contributed by atoms with Crippen LogP contribution >= 0.6 is 0 Å². The molecule has 2 fully saturated rings. The Hall–Kier alpha value is -4.40. The summed E-state index contributed by atoms with van der Waals surface area (Å²) in [4.78, 5) is 56.5. The van der Waals surface area contributed by atoms with Crippen LogP contribution in [0.2, 0.25) is 0 Å². The van der Waals surface area contributed by atoms with Gasteiger partial charge in [0.25, 0.3) is 11.7 Å². The Labute approximate surface area is 223 Å². The van der Waals surface area contributed by atoms with E-state index >= 15 is 0 Å². The number of ether oxygens (including phenoxy) is 4. The number of rotatable bonds is 8. The molecular weight excluding hydrogens is 518 g/mol. The molecule has 0 unspecified atom stereocenters. The lowest BCUT2D eigenvalue weighted by atomic mass is 10.1. The van der Waals surface area contributed by atoms with Crippen molar-refractivity contribution < 1.29 is 38.3 Å². The summed E-state index contributed by atoms with van der Waals surface area (Å²) in [5.74, 6) is -1.62. The van der Waals surface area contributed by atoms with E-state index in [1.165, 1.54) is 20.8 Å². The highest BCUT2D eigenvalue weighted by Gasteiger charge is 2.30. The predicted octanol–water partition coefficient (Wildman–Crippen LogP) is 2.78. The number of azide groups is 1. The Morgan fingerprint density at radius 2 is 1.59 bits per heavy atom. The molecule has 2 aliphatic heterocycles. The van der Waals surface area contributed by atoms with Gasteiger partial charge in [0.15, 0.2) is 5.75 Å². The highest BCUT2D eigenvalue weighted by Crippen LogP contribution is 2.40. The molecule has 1 aromatic carbocycles. The van der Waals surface area contributed by atoms with Crippen LogP contribution in [-0.4, -0.2) is 103 Å². The normalized spacial score (nSPS) is 15.7. The van der Waals surface area contributed by atoms with Gasteiger partial charge >= 0.3 is 17.9 Å². The second-order valence-corrected chi connectivity index (χ2v) is 8.26. The predicted molar refractivity (Wildman–Crippen MR) is 135 cm³/mol. The zero-order valence-electron chi connectivity index (χ0n) is 21.6. The molecule has 210 valence electrons.